The fourth-order valence-corrected chi connectivity index (χ4v) is 2.37. The number of amides is 1. The summed E-state index contributed by atoms with van der Waals surface area (Å²) in [6, 6.07) is 13.1. The van der Waals surface area contributed by atoms with Gasteiger partial charge in [-0.05, 0) is 30.7 Å². The van der Waals surface area contributed by atoms with E-state index in [1.165, 1.54) is 7.11 Å². The van der Waals surface area contributed by atoms with Gasteiger partial charge in [0.1, 0.15) is 12.4 Å². The van der Waals surface area contributed by atoms with Crippen molar-refractivity contribution in [3.63, 3.8) is 0 Å². The van der Waals surface area contributed by atoms with Crippen LogP contribution < -0.4 is 14.2 Å². The first-order valence-electron chi connectivity index (χ1n) is 7.73. The average Bonchev–Trinajstić information content (AvgIpc) is 2.61. The predicted octanol–water partition coefficient (Wildman–Crippen LogP) is 3.16. The van der Waals surface area contributed by atoms with Gasteiger partial charge in [0.2, 0.25) is 0 Å². The van der Waals surface area contributed by atoms with Crippen LogP contribution >= 0.6 is 0 Å². The fourth-order valence-electron chi connectivity index (χ4n) is 2.37. The molecule has 0 saturated carbocycles. The van der Waals surface area contributed by atoms with E-state index in [-0.39, 0.29) is 5.91 Å². The molecule has 1 amide bonds. The average molecular weight is 329 g/mol. The Kier molecular flexibility index (Phi) is 6.07. The second-order valence-electron chi connectivity index (χ2n) is 5.38. The number of hydrogen-bond donors (Lipinski definition) is 0. The highest BCUT2D eigenvalue weighted by molar-refractivity contribution is 5.97. The predicted molar refractivity (Wildman–Crippen MR) is 93.2 cm³/mol. The Bertz CT molecular complexity index is 700. The van der Waals surface area contributed by atoms with E-state index in [9.17, 15) is 4.79 Å². The van der Waals surface area contributed by atoms with Gasteiger partial charge in [0.25, 0.3) is 5.91 Å². The summed E-state index contributed by atoms with van der Waals surface area (Å²) in [5, 5.41) is 0. The third-order valence-electron chi connectivity index (χ3n) is 3.76. The summed E-state index contributed by atoms with van der Waals surface area (Å²) in [4.78, 5) is 14.2. The smallest absolute Gasteiger partial charge is 0.257 e. The van der Waals surface area contributed by atoms with Gasteiger partial charge in [0.15, 0.2) is 11.5 Å². The van der Waals surface area contributed by atoms with Gasteiger partial charge in [-0.25, -0.2) is 0 Å². The zero-order valence-electron chi connectivity index (χ0n) is 14.5. The van der Waals surface area contributed by atoms with Crippen LogP contribution in [0.5, 0.6) is 17.2 Å². The molecule has 0 aromatic heterocycles. The largest absolute Gasteiger partial charge is 0.493 e. The number of benzene rings is 2. The normalized spacial score (nSPS) is 10.2. The van der Waals surface area contributed by atoms with E-state index in [2.05, 4.69) is 0 Å². The standard InChI is InChI=1S/C19H23NO4/c1-14-8-5-6-10-16(14)24-13-12-20(2)19(21)15-9-7-11-17(22-3)18(15)23-4/h5-11H,12-13H2,1-4H3. The minimum Gasteiger partial charge on any atom is -0.493 e. The Morgan fingerprint density at radius 1 is 1.00 bits per heavy atom. The number of aryl methyl sites for hydroxylation is 1. The van der Waals surface area contributed by atoms with Crippen molar-refractivity contribution < 1.29 is 19.0 Å². The Labute approximate surface area is 142 Å². The van der Waals surface area contributed by atoms with Crippen molar-refractivity contribution in [1.29, 1.82) is 0 Å². The molecule has 0 unspecified atom stereocenters. The van der Waals surface area contributed by atoms with Crippen molar-refractivity contribution in [2.24, 2.45) is 0 Å². The summed E-state index contributed by atoms with van der Waals surface area (Å²) in [5.41, 5.74) is 1.54. The number of methoxy groups -OCH3 is 2. The highest BCUT2D eigenvalue weighted by Crippen LogP contribution is 2.31. The number of para-hydroxylation sites is 2. The molecule has 0 heterocycles. The Morgan fingerprint density at radius 3 is 2.38 bits per heavy atom. The Balaban J connectivity index is 2.01. The molecule has 128 valence electrons. The van der Waals surface area contributed by atoms with Gasteiger partial charge in [0, 0.05) is 7.05 Å². The van der Waals surface area contributed by atoms with Crippen LogP contribution in [0.15, 0.2) is 42.5 Å². The van der Waals surface area contributed by atoms with Crippen LogP contribution in [0.3, 0.4) is 0 Å². The SMILES string of the molecule is COc1cccc(C(=O)N(C)CCOc2ccccc2C)c1OC. The summed E-state index contributed by atoms with van der Waals surface area (Å²) >= 11 is 0. The van der Waals surface area contributed by atoms with Crippen molar-refractivity contribution in [2.75, 3.05) is 34.4 Å². The number of ether oxygens (including phenoxy) is 3. The maximum atomic E-state index is 12.6. The lowest BCUT2D eigenvalue weighted by Gasteiger charge is -2.20. The van der Waals surface area contributed by atoms with Gasteiger partial charge in [-0.15, -0.1) is 0 Å². The molecule has 2 rings (SSSR count). The molecule has 0 N–H and O–H groups in total. The summed E-state index contributed by atoms with van der Waals surface area (Å²) in [6.07, 6.45) is 0. The van der Waals surface area contributed by atoms with Crippen molar-refractivity contribution in [2.45, 2.75) is 6.92 Å². The highest BCUT2D eigenvalue weighted by atomic mass is 16.5. The van der Waals surface area contributed by atoms with Crippen molar-refractivity contribution in [3.05, 3.63) is 53.6 Å². The lowest BCUT2D eigenvalue weighted by molar-refractivity contribution is 0.0769. The van der Waals surface area contributed by atoms with Crippen LogP contribution in [0.2, 0.25) is 0 Å². The van der Waals surface area contributed by atoms with E-state index in [4.69, 9.17) is 14.2 Å². The highest BCUT2D eigenvalue weighted by Gasteiger charge is 2.19. The minimum absolute atomic E-state index is 0.140. The summed E-state index contributed by atoms with van der Waals surface area (Å²) < 4.78 is 16.3. The first kappa shape index (κ1) is 17.7. The molecule has 0 saturated heterocycles. The van der Waals surface area contributed by atoms with Crippen LogP contribution in [0.25, 0.3) is 0 Å². The molecule has 0 radical (unpaired) electrons. The van der Waals surface area contributed by atoms with Crippen LogP contribution in [0.1, 0.15) is 15.9 Å². The van der Waals surface area contributed by atoms with Crippen LogP contribution in [0, 0.1) is 6.92 Å². The molecule has 0 aliphatic rings. The lowest BCUT2D eigenvalue weighted by atomic mass is 10.1. The van der Waals surface area contributed by atoms with Gasteiger partial charge in [-0.2, -0.15) is 0 Å². The molecule has 5 heteroatoms. The van der Waals surface area contributed by atoms with E-state index in [1.54, 1.807) is 37.3 Å². The van der Waals surface area contributed by atoms with Crippen molar-refractivity contribution >= 4 is 5.91 Å². The molecule has 0 aliphatic carbocycles. The number of carbonyl (C=O) groups excluding carboxylic acids is 1. The molecule has 5 nitrogen and oxygen atoms in total. The molecule has 0 bridgehead atoms. The Hall–Kier alpha value is -2.69. The zero-order valence-corrected chi connectivity index (χ0v) is 14.5. The van der Waals surface area contributed by atoms with E-state index in [1.807, 2.05) is 31.2 Å². The van der Waals surface area contributed by atoms with Crippen molar-refractivity contribution in [3.8, 4) is 17.2 Å². The summed E-state index contributed by atoms with van der Waals surface area (Å²) in [7, 11) is 4.81. The molecule has 2 aromatic carbocycles. The maximum absolute atomic E-state index is 12.6. The number of hydrogen-bond acceptors (Lipinski definition) is 4. The molecule has 0 fully saturated rings. The monoisotopic (exact) mass is 329 g/mol. The molecule has 0 atom stereocenters. The molecule has 0 spiro atoms. The van der Waals surface area contributed by atoms with Crippen LogP contribution in [-0.4, -0.2) is 45.2 Å². The number of carbonyl (C=O) groups is 1. The van der Waals surface area contributed by atoms with Gasteiger partial charge < -0.3 is 19.1 Å². The molecule has 24 heavy (non-hydrogen) atoms. The second-order valence-corrected chi connectivity index (χ2v) is 5.38. The van der Waals surface area contributed by atoms with Crippen molar-refractivity contribution in [1.82, 2.24) is 4.90 Å². The lowest BCUT2D eigenvalue weighted by Crippen LogP contribution is -2.31. The first-order valence-corrected chi connectivity index (χ1v) is 7.73. The minimum atomic E-state index is -0.140. The first-order chi connectivity index (χ1) is 11.6. The second kappa shape index (κ2) is 8.24. The number of likely N-dealkylation sites (N-methyl/N-ethyl adjacent to an activating group) is 1. The summed E-state index contributed by atoms with van der Waals surface area (Å²) in [5.74, 6) is 1.67. The van der Waals surface area contributed by atoms with E-state index >= 15 is 0 Å². The van der Waals surface area contributed by atoms with Crippen LogP contribution in [0.4, 0.5) is 0 Å². The number of nitrogens with zero attached hydrogens (tertiary/aromatic N) is 1. The molecular formula is C19H23NO4. The van der Waals surface area contributed by atoms with Gasteiger partial charge >= 0.3 is 0 Å². The molecular weight excluding hydrogens is 306 g/mol. The third-order valence-corrected chi connectivity index (χ3v) is 3.76. The van der Waals surface area contributed by atoms with Gasteiger partial charge in [-0.1, -0.05) is 24.3 Å². The fraction of sp³-hybridized carbons (Fsp3) is 0.316. The molecule has 2 aromatic rings. The zero-order chi connectivity index (χ0) is 17.5. The van der Waals surface area contributed by atoms with E-state index < -0.39 is 0 Å². The van der Waals surface area contributed by atoms with E-state index in [0.717, 1.165) is 11.3 Å². The Morgan fingerprint density at radius 2 is 1.71 bits per heavy atom. The molecule has 0 aliphatic heterocycles. The van der Waals surface area contributed by atoms with Crippen LogP contribution in [-0.2, 0) is 0 Å². The summed E-state index contributed by atoms with van der Waals surface area (Å²) in [6.45, 7) is 2.87. The quantitative estimate of drug-likeness (QED) is 0.783. The third kappa shape index (κ3) is 3.98. The maximum Gasteiger partial charge on any atom is 0.257 e. The topological polar surface area (TPSA) is 48.0 Å². The van der Waals surface area contributed by atoms with Gasteiger partial charge in [-0.3, -0.25) is 4.79 Å². The van der Waals surface area contributed by atoms with E-state index in [0.29, 0.717) is 30.2 Å². The van der Waals surface area contributed by atoms with Gasteiger partial charge in [0.05, 0.1) is 26.3 Å². The number of rotatable bonds is 7.